The van der Waals surface area contributed by atoms with Crippen molar-refractivity contribution in [2.75, 3.05) is 30.9 Å². The van der Waals surface area contributed by atoms with Crippen LogP contribution in [0.15, 0.2) is 24.5 Å². The number of carbonyl (C=O) groups excluding carboxylic acids is 2. The minimum Gasteiger partial charge on any atom is -0.444 e. The third-order valence-corrected chi connectivity index (χ3v) is 6.84. The summed E-state index contributed by atoms with van der Waals surface area (Å²) in [6.07, 6.45) is 3.59. The van der Waals surface area contributed by atoms with Crippen LogP contribution in [0.2, 0.25) is 0 Å². The maximum atomic E-state index is 12.8. The molecule has 2 atom stereocenters. The number of pyridine rings is 2. The molecule has 0 radical (unpaired) electrons. The number of carbonyl (C=O) groups is 2. The molecule has 1 aliphatic rings. The molecular formula is C33H45N7O6. The quantitative estimate of drug-likeness (QED) is 0.330. The molecule has 1 saturated heterocycles. The lowest BCUT2D eigenvalue weighted by molar-refractivity contribution is -0.163. The molecule has 4 rings (SSSR count). The smallest absolute Gasteiger partial charge is 0.415 e. The SMILES string of the molecule is CN(C(=O)OC(C)(C)C)c1nc(N)c(C#Cc2cccc(C(CCO[C@H]3CCCCO3)NC(=O)OC(C)(C)C)n2)c2c1ncn2C. The number of nitrogens with two attached hydrogens (primary N) is 1. The lowest BCUT2D eigenvalue weighted by Crippen LogP contribution is -2.36. The third kappa shape index (κ3) is 9.31. The van der Waals surface area contributed by atoms with Crippen LogP contribution in [0.1, 0.15) is 90.2 Å². The van der Waals surface area contributed by atoms with Crippen LogP contribution >= 0.6 is 0 Å². The van der Waals surface area contributed by atoms with E-state index in [0.717, 1.165) is 19.3 Å². The number of fused-ring (bicyclic) bond motifs is 1. The molecule has 46 heavy (non-hydrogen) atoms. The Labute approximate surface area is 270 Å². The first-order chi connectivity index (χ1) is 21.6. The second-order valence-electron chi connectivity index (χ2n) is 13.1. The zero-order chi connectivity index (χ0) is 33.6. The summed E-state index contributed by atoms with van der Waals surface area (Å²) in [5, 5.41) is 2.93. The van der Waals surface area contributed by atoms with E-state index in [1.54, 1.807) is 44.8 Å². The van der Waals surface area contributed by atoms with E-state index in [4.69, 9.17) is 29.7 Å². The molecule has 0 aromatic carbocycles. The van der Waals surface area contributed by atoms with Crippen LogP contribution in [-0.2, 0) is 26.0 Å². The molecule has 0 spiro atoms. The average Bonchev–Trinajstić information content (AvgIpc) is 3.35. The number of imidazole rings is 1. The Bertz CT molecular complexity index is 1610. The van der Waals surface area contributed by atoms with Crippen LogP contribution in [-0.4, -0.2) is 69.5 Å². The predicted octanol–water partition coefficient (Wildman–Crippen LogP) is 5.22. The van der Waals surface area contributed by atoms with Gasteiger partial charge in [0.15, 0.2) is 12.1 Å². The van der Waals surface area contributed by atoms with Gasteiger partial charge in [-0.05, 0) is 85.3 Å². The second-order valence-corrected chi connectivity index (χ2v) is 13.1. The van der Waals surface area contributed by atoms with Crippen LogP contribution in [0.4, 0.5) is 21.2 Å². The molecule has 1 unspecified atom stereocenters. The number of ether oxygens (including phenoxy) is 4. The molecule has 1 fully saturated rings. The van der Waals surface area contributed by atoms with Crippen molar-refractivity contribution in [3.05, 3.63) is 41.5 Å². The summed E-state index contributed by atoms with van der Waals surface area (Å²) in [4.78, 5) is 40.5. The summed E-state index contributed by atoms with van der Waals surface area (Å²) in [6.45, 7) is 11.8. The minimum atomic E-state index is -0.689. The Morgan fingerprint density at radius 2 is 1.87 bits per heavy atom. The van der Waals surface area contributed by atoms with Crippen molar-refractivity contribution < 1.29 is 28.5 Å². The van der Waals surface area contributed by atoms with E-state index in [1.807, 2.05) is 40.0 Å². The van der Waals surface area contributed by atoms with Gasteiger partial charge in [-0.1, -0.05) is 12.0 Å². The van der Waals surface area contributed by atoms with Gasteiger partial charge in [-0.2, -0.15) is 0 Å². The number of nitrogens with one attached hydrogen (secondary N) is 1. The van der Waals surface area contributed by atoms with Gasteiger partial charge in [0.05, 0.1) is 35.8 Å². The number of aromatic nitrogens is 4. The summed E-state index contributed by atoms with van der Waals surface area (Å²) < 4.78 is 24.4. The molecule has 3 aromatic rings. The molecule has 3 aromatic heterocycles. The standard InChI is InChI=1S/C33H45N7O6/c1-32(2,3)45-30(41)37-24(17-19-44-25-14-9-10-18-43-25)23-13-11-12-21(36-23)15-16-22-27-26(35-20-39(27)7)29(38-28(22)34)40(8)31(42)46-33(4,5)6/h11-13,20,24-25H,9-10,14,17-19H2,1-8H3,(H2,34,38)(H,37,41)/t24?,25-/m0/s1. The lowest BCUT2D eigenvalue weighted by Gasteiger charge is -2.25. The van der Waals surface area contributed by atoms with Gasteiger partial charge in [-0.25, -0.2) is 24.5 Å². The first kappa shape index (κ1) is 34.5. The Balaban J connectivity index is 1.61. The molecule has 248 valence electrons. The maximum Gasteiger partial charge on any atom is 0.415 e. The molecule has 0 aliphatic carbocycles. The van der Waals surface area contributed by atoms with Crippen LogP contribution < -0.4 is 16.0 Å². The van der Waals surface area contributed by atoms with Gasteiger partial charge in [0, 0.05) is 20.7 Å². The topological polar surface area (TPSA) is 156 Å². The van der Waals surface area contributed by atoms with Crippen molar-refractivity contribution in [2.45, 2.75) is 90.8 Å². The molecule has 1 aliphatic heterocycles. The van der Waals surface area contributed by atoms with Gasteiger partial charge in [0.25, 0.3) is 0 Å². The summed E-state index contributed by atoms with van der Waals surface area (Å²) >= 11 is 0. The van der Waals surface area contributed by atoms with E-state index >= 15 is 0 Å². The van der Waals surface area contributed by atoms with Crippen LogP contribution in [0.25, 0.3) is 11.0 Å². The van der Waals surface area contributed by atoms with Crippen LogP contribution in [0.3, 0.4) is 0 Å². The van der Waals surface area contributed by atoms with Gasteiger partial charge in [-0.3, -0.25) is 4.90 Å². The zero-order valence-electron chi connectivity index (χ0n) is 28.0. The van der Waals surface area contributed by atoms with Crippen molar-refractivity contribution >= 4 is 34.9 Å². The Kier molecular flexibility index (Phi) is 10.7. The number of nitrogen functional groups attached to an aromatic ring is 1. The van der Waals surface area contributed by atoms with Crippen molar-refractivity contribution in [1.29, 1.82) is 0 Å². The largest absolute Gasteiger partial charge is 0.444 e. The van der Waals surface area contributed by atoms with E-state index in [9.17, 15) is 9.59 Å². The second kappa shape index (κ2) is 14.3. The van der Waals surface area contributed by atoms with E-state index < -0.39 is 29.4 Å². The first-order valence-electron chi connectivity index (χ1n) is 15.4. The fourth-order valence-electron chi connectivity index (χ4n) is 4.75. The Morgan fingerprint density at radius 1 is 1.13 bits per heavy atom. The summed E-state index contributed by atoms with van der Waals surface area (Å²) in [7, 11) is 3.36. The van der Waals surface area contributed by atoms with Crippen LogP contribution in [0.5, 0.6) is 0 Å². The monoisotopic (exact) mass is 635 g/mol. The predicted molar refractivity (Wildman–Crippen MR) is 174 cm³/mol. The van der Waals surface area contributed by atoms with Crippen molar-refractivity contribution in [2.24, 2.45) is 7.05 Å². The minimum absolute atomic E-state index is 0.122. The highest BCUT2D eigenvalue weighted by atomic mass is 16.7. The van der Waals surface area contributed by atoms with Crippen molar-refractivity contribution in [3.8, 4) is 11.8 Å². The van der Waals surface area contributed by atoms with Gasteiger partial charge in [0.1, 0.15) is 28.2 Å². The number of rotatable bonds is 7. The van der Waals surface area contributed by atoms with Gasteiger partial charge in [0.2, 0.25) is 0 Å². The number of anilines is 2. The van der Waals surface area contributed by atoms with E-state index in [2.05, 4.69) is 27.1 Å². The molecule has 13 heteroatoms. The number of hydrogen-bond acceptors (Lipinski definition) is 10. The number of amides is 2. The number of hydrogen-bond donors (Lipinski definition) is 2. The Morgan fingerprint density at radius 3 is 2.54 bits per heavy atom. The first-order valence-corrected chi connectivity index (χ1v) is 15.4. The summed E-state index contributed by atoms with van der Waals surface area (Å²) in [6, 6.07) is 4.91. The fraction of sp³-hybridized carbons (Fsp3) is 0.545. The van der Waals surface area contributed by atoms with Crippen molar-refractivity contribution in [3.63, 3.8) is 0 Å². The molecule has 4 heterocycles. The fourth-order valence-corrected chi connectivity index (χ4v) is 4.75. The molecule has 13 nitrogen and oxygen atoms in total. The van der Waals surface area contributed by atoms with Crippen LogP contribution in [0, 0.1) is 11.8 Å². The summed E-state index contributed by atoms with van der Waals surface area (Å²) in [5.74, 6) is 6.57. The lowest BCUT2D eigenvalue weighted by atomic mass is 10.1. The normalized spacial score (nSPS) is 15.9. The highest BCUT2D eigenvalue weighted by Crippen LogP contribution is 2.30. The number of aryl methyl sites for hydroxylation is 1. The van der Waals surface area contributed by atoms with Crippen molar-refractivity contribution in [1.82, 2.24) is 24.8 Å². The Hall–Kier alpha value is -4.41. The highest BCUT2D eigenvalue weighted by molar-refractivity contribution is 6.00. The van der Waals surface area contributed by atoms with Gasteiger partial charge in [-0.15, -0.1) is 0 Å². The molecule has 0 saturated carbocycles. The zero-order valence-corrected chi connectivity index (χ0v) is 28.0. The van der Waals surface area contributed by atoms with E-state index in [-0.39, 0.29) is 17.9 Å². The maximum absolute atomic E-state index is 12.8. The number of nitrogens with zero attached hydrogens (tertiary/aromatic N) is 5. The molecule has 3 N–H and O–H groups in total. The molecule has 0 bridgehead atoms. The number of alkyl carbamates (subject to hydrolysis) is 1. The van der Waals surface area contributed by atoms with Gasteiger partial charge >= 0.3 is 12.2 Å². The highest BCUT2D eigenvalue weighted by Gasteiger charge is 2.26. The third-order valence-electron chi connectivity index (χ3n) is 6.84. The van der Waals surface area contributed by atoms with E-state index in [0.29, 0.717) is 47.6 Å². The van der Waals surface area contributed by atoms with E-state index in [1.165, 1.54) is 4.90 Å². The molecule has 2 amide bonds. The average molecular weight is 636 g/mol. The van der Waals surface area contributed by atoms with Gasteiger partial charge < -0.3 is 34.6 Å². The molecular weight excluding hydrogens is 590 g/mol. The summed E-state index contributed by atoms with van der Waals surface area (Å²) in [5.41, 5.74) is 7.59.